The van der Waals surface area contributed by atoms with Gasteiger partial charge in [-0.3, -0.25) is 0 Å². The fraction of sp³-hybridized carbons (Fsp3) is 0. The third kappa shape index (κ3) is 9.80. The van der Waals surface area contributed by atoms with Gasteiger partial charge in [-0.05, 0) is 5.39 Å². The van der Waals surface area contributed by atoms with Gasteiger partial charge in [0.25, 0.3) is 0 Å². The van der Waals surface area contributed by atoms with Crippen LogP contribution in [0.15, 0.2) is 146 Å². The van der Waals surface area contributed by atoms with Crippen LogP contribution in [-0.4, -0.2) is 0 Å². The van der Waals surface area contributed by atoms with Crippen molar-refractivity contribution >= 4 is 21.5 Å². The van der Waals surface area contributed by atoms with Crippen molar-refractivity contribution in [2.75, 3.05) is 0 Å². The summed E-state index contributed by atoms with van der Waals surface area (Å²) in [5.74, 6) is 0. The van der Waals surface area contributed by atoms with Crippen LogP contribution in [-0.2, 0) is 21.7 Å². The molecule has 0 aliphatic rings. The van der Waals surface area contributed by atoms with Crippen LogP contribution in [0.4, 0.5) is 0 Å². The van der Waals surface area contributed by atoms with Gasteiger partial charge >= 0.3 is 21.7 Å². The van der Waals surface area contributed by atoms with Crippen molar-refractivity contribution in [1.29, 1.82) is 0 Å². The minimum atomic E-state index is 0. The fourth-order valence-electron chi connectivity index (χ4n) is 3.32. The van der Waals surface area contributed by atoms with Crippen molar-refractivity contribution in [1.82, 2.24) is 0 Å². The van der Waals surface area contributed by atoms with Crippen LogP contribution in [0.2, 0.25) is 0 Å². The Kier molecular flexibility index (Phi) is 12.6. The average molecular weight is 498 g/mol. The monoisotopic (exact) mass is 498 g/mol. The van der Waals surface area contributed by atoms with Crippen molar-refractivity contribution < 1.29 is 21.7 Å². The third-order valence-electron chi connectivity index (χ3n) is 5.10. The van der Waals surface area contributed by atoms with Gasteiger partial charge in [-0.15, -0.1) is 77.5 Å². The summed E-state index contributed by atoms with van der Waals surface area (Å²) in [6.07, 6.45) is 0. The third-order valence-corrected chi connectivity index (χ3v) is 5.10. The summed E-state index contributed by atoms with van der Waals surface area (Å²) >= 11 is 0. The van der Waals surface area contributed by atoms with E-state index in [4.69, 9.17) is 0 Å². The average Bonchev–Trinajstić information content (AvgIpc) is 2.91. The van der Waals surface area contributed by atoms with Gasteiger partial charge in [0.1, 0.15) is 0 Å². The normalized spacial score (nSPS) is 9.22. The first-order chi connectivity index (χ1) is 17.1. The molecule has 6 aromatic rings. The molecule has 0 amide bonds. The summed E-state index contributed by atoms with van der Waals surface area (Å²) in [7, 11) is 0. The molecule has 0 N–H and O–H groups in total. The van der Waals surface area contributed by atoms with E-state index in [2.05, 4.69) is 69.3 Å². The van der Waals surface area contributed by atoms with Crippen molar-refractivity contribution in [3.8, 4) is 0 Å². The van der Waals surface area contributed by atoms with Gasteiger partial charge in [-0.1, -0.05) is 53.9 Å². The number of rotatable bonds is 0. The molecule has 6 rings (SSSR count). The Bertz CT molecular complexity index is 1250. The number of hydrogen-bond acceptors (Lipinski definition) is 0. The maximum absolute atomic E-state index is 3.72. The Balaban J connectivity index is 0.000000179. The second kappa shape index (κ2) is 15.9. The summed E-state index contributed by atoms with van der Waals surface area (Å²) in [5.41, 5.74) is 3.22. The largest absolute Gasteiger partial charge is 4.00 e. The molecule has 0 saturated heterocycles. The fourth-order valence-corrected chi connectivity index (χ4v) is 3.32. The zero-order valence-electron chi connectivity index (χ0n) is 20.5. The second-order valence-corrected chi connectivity index (χ2v) is 7.87. The Labute approximate surface area is 231 Å². The topological polar surface area (TPSA) is 0 Å². The van der Waals surface area contributed by atoms with E-state index in [-0.39, 0.29) is 21.7 Å². The molecule has 0 heterocycles. The molecule has 0 aliphatic heterocycles. The molecule has 6 aromatic carbocycles. The van der Waals surface area contributed by atoms with Crippen LogP contribution in [0.1, 0.15) is 16.7 Å². The molecule has 0 radical (unpaired) electrons. The number of hydrogen-bond donors (Lipinski definition) is 0. The number of fused-ring (bicyclic) bond motifs is 3. The molecular formula is C35H30Ti. The van der Waals surface area contributed by atoms with Crippen LogP contribution >= 0.6 is 0 Å². The van der Waals surface area contributed by atoms with E-state index < -0.39 is 0 Å². The van der Waals surface area contributed by atoms with E-state index in [9.17, 15) is 0 Å². The molecule has 174 valence electrons. The summed E-state index contributed by atoms with van der Waals surface area (Å²) < 4.78 is 0. The molecule has 0 spiro atoms. The van der Waals surface area contributed by atoms with Gasteiger partial charge in [-0.2, -0.15) is 73.9 Å². The molecule has 36 heavy (non-hydrogen) atoms. The Morgan fingerprint density at radius 2 is 0.806 bits per heavy atom. The van der Waals surface area contributed by atoms with Gasteiger partial charge in [0, 0.05) is 0 Å². The molecule has 0 bridgehead atoms. The van der Waals surface area contributed by atoms with Crippen LogP contribution in [0.3, 0.4) is 0 Å². The minimum absolute atomic E-state index is 0. The second-order valence-electron chi connectivity index (χ2n) is 7.87. The summed E-state index contributed by atoms with van der Waals surface area (Å²) in [6, 6.07) is 51.7. The summed E-state index contributed by atoms with van der Waals surface area (Å²) in [5, 5.41) is 5.07. The molecule has 0 aliphatic carbocycles. The predicted octanol–water partition coefficient (Wildman–Crippen LogP) is 9.40. The van der Waals surface area contributed by atoms with Crippen LogP contribution < -0.4 is 0 Å². The van der Waals surface area contributed by atoms with Crippen molar-refractivity contribution in [3.05, 3.63) is 189 Å². The molecule has 0 nitrogen and oxygen atoms in total. The molecule has 0 aromatic heterocycles. The van der Waals surface area contributed by atoms with Gasteiger partial charge in [0.2, 0.25) is 0 Å². The van der Waals surface area contributed by atoms with E-state index in [0.717, 1.165) is 16.7 Å². The van der Waals surface area contributed by atoms with E-state index in [1.807, 2.05) is 103 Å². The van der Waals surface area contributed by atoms with Crippen LogP contribution in [0.5, 0.6) is 0 Å². The molecule has 0 atom stereocenters. The maximum Gasteiger partial charge on any atom is 4.00 e. The Morgan fingerprint density at radius 3 is 1.25 bits per heavy atom. The van der Waals surface area contributed by atoms with Crippen LogP contribution in [0.25, 0.3) is 21.5 Å². The zero-order valence-corrected chi connectivity index (χ0v) is 22.0. The van der Waals surface area contributed by atoms with E-state index in [1.54, 1.807) is 0 Å². The van der Waals surface area contributed by atoms with Crippen molar-refractivity contribution in [3.63, 3.8) is 0 Å². The van der Waals surface area contributed by atoms with E-state index in [1.165, 1.54) is 21.5 Å². The first-order valence-electron chi connectivity index (χ1n) is 11.5. The molecular weight excluding hydrogens is 468 g/mol. The Hall–Kier alpha value is -3.84. The van der Waals surface area contributed by atoms with E-state index >= 15 is 0 Å². The first-order valence-corrected chi connectivity index (χ1v) is 11.5. The van der Waals surface area contributed by atoms with E-state index in [0.29, 0.717) is 0 Å². The minimum Gasteiger partial charge on any atom is -0.199 e. The van der Waals surface area contributed by atoms with Gasteiger partial charge in [0.05, 0.1) is 0 Å². The summed E-state index contributed by atoms with van der Waals surface area (Å²) in [4.78, 5) is 0. The zero-order chi connectivity index (χ0) is 24.7. The van der Waals surface area contributed by atoms with Crippen LogP contribution in [0, 0.1) is 26.8 Å². The molecule has 0 saturated carbocycles. The van der Waals surface area contributed by atoms with Gasteiger partial charge < -0.3 is 0 Å². The standard InChI is InChI=1S/C14H9.3C7H7.Ti/c1-3-7-13-11(5-1)9-10-12-6-2-4-8-14(12)13;3*1-7-5-3-2-4-6-7;/h1-5,7-10H;3*2-6H,1H2;/q4*-1;+4. The summed E-state index contributed by atoms with van der Waals surface area (Å²) in [6.45, 7) is 11.2. The first kappa shape index (κ1) is 28.4. The van der Waals surface area contributed by atoms with Gasteiger partial charge in [0.15, 0.2) is 0 Å². The van der Waals surface area contributed by atoms with Gasteiger partial charge in [-0.25, -0.2) is 0 Å². The van der Waals surface area contributed by atoms with Crippen molar-refractivity contribution in [2.24, 2.45) is 0 Å². The quantitative estimate of drug-likeness (QED) is 0.111. The Morgan fingerprint density at radius 1 is 0.389 bits per heavy atom. The maximum atomic E-state index is 3.72. The van der Waals surface area contributed by atoms with Crippen molar-refractivity contribution in [2.45, 2.75) is 0 Å². The molecule has 1 heteroatoms. The predicted molar refractivity (Wildman–Crippen MR) is 153 cm³/mol. The smallest absolute Gasteiger partial charge is 0.199 e. The molecule has 0 unspecified atom stereocenters. The number of benzene rings is 6. The SMILES string of the molecule is [CH2-]c1ccccc1.[CH2-]c1ccccc1.[CH2-]c1ccccc1.[Ti+4].[c-]1cccc2c1ccc1ccccc12. The molecule has 0 fully saturated rings.